The summed E-state index contributed by atoms with van der Waals surface area (Å²) in [6, 6.07) is 6.16. The third-order valence-corrected chi connectivity index (χ3v) is 4.99. The third kappa shape index (κ3) is 4.05. The lowest BCUT2D eigenvalue weighted by atomic mass is 10.1. The van der Waals surface area contributed by atoms with Crippen molar-refractivity contribution in [3.63, 3.8) is 0 Å². The average molecular weight is 343 g/mol. The molecular formula is C20H29N3O2. The first-order valence-corrected chi connectivity index (χ1v) is 9.27. The van der Waals surface area contributed by atoms with Gasteiger partial charge in [0.15, 0.2) is 5.43 Å². The highest BCUT2D eigenvalue weighted by molar-refractivity contribution is 5.83. The number of aromatic amines is 1. The Hall–Kier alpha value is -1.85. The van der Waals surface area contributed by atoms with E-state index in [0.29, 0.717) is 6.54 Å². The van der Waals surface area contributed by atoms with Gasteiger partial charge in [0.25, 0.3) is 0 Å². The van der Waals surface area contributed by atoms with E-state index in [1.165, 1.54) is 6.42 Å². The van der Waals surface area contributed by atoms with Crippen LogP contribution in [0.3, 0.4) is 0 Å². The predicted octanol–water partition coefficient (Wildman–Crippen LogP) is 2.91. The molecule has 0 spiro atoms. The van der Waals surface area contributed by atoms with Crippen LogP contribution < -0.4 is 10.3 Å². The fraction of sp³-hybridized carbons (Fsp3) is 0.550. The zero-order valence-corrected chi connectivity index (χ0v) is 15.6. The Kier molecular flexibility index (Phi) is 5.76. The lowest BCUT2D eigenvalue weighted by Gasteiger charge is -2.29. The maximum absolute atomic E-state index is 13.1. The molecule has 136 valence electrons. The molecule has 0 radical (unpaired) electrons. The zero-order valence-electron chi connectivity index (χ0n) is 15.6. The van der Waals surface area contributed by atoms with Crippen LogP contribution in [0.25, 0.3) is 10.9 Å². The minimum Gasteiger partial charge on any atom is -0.378 e. The fourth-order valence-corrected chi connectivity index (χ4v) is 3.43. The largest absolute Gasteiger partial charge is 0.378 e. The van der Waals surface area contributed by atoms with Gasteiger partial charge in [-0.05, 0) is 45.1 Å². The number of H-pyrrole nitrogens is 1. The molecule has 0 atom stereocenters. The number of nitrogens with one attached hydrogen (secondary N) is 1. The van der Waals surface area contributed by atoms with Gasteiger partial charge in [-0.1, -0.05) is 13.3 Å². The zero-order chi connectivity index (χ0) is 17.8. The summed E-state index contributed by atoms with van der Waals surface area (Å²) in [5.41, 5.74) is 4.03. The number of benzene rings is 1. The predicted molar refractivity (Wildman–Crippen MR) is 104 cm³/mol. The first-order valence-electron chi connectivity index (χ1n) is 9.27. The summed E-state index contributed by atoms with van der Waals surface area (Å²) in [5.74, 6) is 0. The van der Waals surface area contributed by atoms with E-state index in [9.17, 15) is 4.79 Å². The standard InChI is InChI=1S/C20H29N3O2/c1-4-5-8-22(3)14-18-15(2)21-19-7-6-16(13-17(19)20(18)24)23-9-11-25-12-10-23/h6-7,13H,4-5,8-12,14H2,1-3H3,(H,21,24). The van der Waals surface area contributed by atoms with E-state index >= 15 is 0 Å². The SMILES string of the molecule is CCCCN(C)Cc1c(C)[nH]c2ccc(N3CCOCC3)cc2c1=O. The highest BCUT2D eigenvalue weighted by Crippen LogP contribution is 2.21. The maximum Gasteiger partial charge on any atom is 0.194 e. The highest BCUT2D eigenvalue weighted by Gasteiger charge is 2.15. The molecule has 1 aliphatic heterocycles. The van der Waals surface area contributed by atoms with Crippen LogP contribution in [0.15, 0.2) is 23.0 Å². The molecule has 1 aliphatic rings. The second-order valence-corrected chi connectivity index (χ2v) is 6.98. The van der Waals surface area contributed by atoms with Gasteiger partial charge in [-0.25, -0.2) is 0 Å². The van der Waals surface area contributed by atoms with Crippen molar-refractivity contribution in [1.29, 1.82) is 0 Å². The Morgan fingerprint density at radius 1 is 1.28 bits per heavy atom. The van der Waals surface area contributed by atoms with Gasteiger partial charge in [0, 0.05) is 47.5 Å². The van der Waals surface area contributed by atoms with E-state index in [0.717, 1.165) is 67.1 Å². The van der Waals surface area contributed by atoms with Crippen LogP contribution in [0.5, 0.6) is 0 Å². The van der Waals surface area contributed by atoms with Crippen LogP contribution in [0.1, 0.15) is 31.0 Å². The molecule has 3 rings (SSSR count). The van der Waals surface area contributed by atoms with Crippen molar-refractivity contribution in [3.05, 3.63) is 39.7 Å². The van der Waals surface area contributed by atoms with Crippen molar-refractivity contribution in [1.82, 2.24) is 9.88 Å². The van der Waals surface area contributed by atoms with E-state index in [1.807, 2.05) is 19.1 Å². The molecule has 1 N–H and O–H groups in total. The number of pyridine rings is 1. The van der Waals surface area contributed by atoms with Gasteiger partial charge in [-0.3, -0.25) is 4.79 Å². The van der Waals surface area contributed by atoms with Crippen LogP contribution in [0.4, 0.5) is 5.69 Å². The number of aryl methyl sites for hydroxylation is 1. The number of nitrogens with zero attached hydrogens (tertiary/aromatic N) is 2. The monoisotopic (exact) mass is 343 g/mol. The van der Waals surface area contributed by atoms with E-state index in [1.54, 1.807) is 0 Å². The summed E-state index contributed by atoms with van der Waals surface area (Å²) < 4.78 is 5.43. The van der Waals surface area contributed by atoms with Crippen molar-refractivity contribution < 1.29 is 4.74 Å². The fourth-order valence-electron chi connectivity index (χ4n) is 3.43. The summed E-state index contributed by atoms with van der Waals surface area (Å²) in [6.45, 7) is 9.14. The molecule has 5 heteroatoms. The van der Waals surface area contributed by atoms with Crippen LogP contribution in [0.2, 0.25) is 0 Å². The van der Waals surface area contributed by atoms with Gasteiger partial charge in [0.2, 0.25) is 0 Å². The van der Waals surface area contributed by atoms with Crippen molar-refractivity contribution >= 4 is 16.6 Å². The topological polar surface area (TPSA) is 48.6 Å². The molecule has 1 saturated heterocycles. The summed E-state index contributed by atoms with van der Waals surface area (Å²) in [6.07, 6.45) is 2.32. The molecular weight excluding hydrogens is 314 g/mol. The summed E-state index contributed by atoms with van der Waals surface area (Å²) >= 11 is 0. The smallest absolute Gasteiger partial charge is 0.194 e. The number of morpholine rings is 1. The van der Waals surface area contributed by atoms with Crippen LogP contribution in [-0.4, -0.2) is 49.8 Å². The quantitative estimate of drug-likeness (QED) is 0.876. The number of rotatable bonds is 6. The van der Waals surface area contributed by atoms with E-state index in [-0.39, 0.29) is 5.43 Å². The van der Waals surface area contributed by atoms with E-state index in [2.05, 4.69) is 34.8 Å². The van der Waals surface area contributed by atoms with Gasteiger partial charge in [-0.15, -0.1) is 0 Å². The second kappa shape index (κ2) is 8.02. The van der Waals surface area contributed by atoms with Gasteiger partial charge >= 0.3 is 0 Å². The first kappa shape index (κ1) is 18.0. The average Bonchev–Trinajstić information content (AvgIpc) is 2.64. The molecule has 1 fully saturated rings. The highest BCUT2D eigenvalue weighted by atomic mass is 16.5. The lowest BCUT2D eigenvalue weighted by Crippen LogP contribution is -2.36. The number of aromatic nitrogens is 1. The van der Waals surface area contributed by atoms with Gasteiger partial charge < -0.3 is 19.5 Å². The number of ether oxygens (including phenoxy) is 1. The molecule has 5 nitrogen and oxygen atoms in total. The number of unbranched alkanes of at least 4 members (excludes halogenated alkanes) is 1. The first-order chi connectivity index (χ1) is 12.1. The van der Waals surface area contributed by atoms with E-state index in [4.69, 9.17) is 4.74 Å². The number of anilines is 1. The molecule has 2 heterocycles. The Bertz CT molecular complexity index is 778. The maximum atomic E-state index is 13.1. The molecule has 25 heavy (non-hydrogen) atoms. The Labute approximate surface area is 149 Å². The van der Waals surface area contributed by atoms with Gasteiger partial charge in [0.1, 0.15) is 0 Å². The third-order valence-electron chi connectivity index (χ3n) is 4.99. The molecule has 1 aromatic carbocycles. The molecule has 1 aromatic heterocycles. The number of hydrogen-bond acceptors (Lipinski definition) is 4. The molecule has 0 amide bonds. The van der Waals surface area contributed by atoms with Crippen molar-refractivity contribution in [3.8, 4) is 0 Å². The molecule has 0 saturated carbocycles. The molecule has 0 bridgehead atoms. The van der Waals surface area contributed by atoms with E-state index < -0.39 is 0 Å². The Morgan fingerprint density at radius 3 is 2.76 bits per heavy atom. The van der Waals surface area contributed by atoms with Crippen LogP contribution in [0, 0.1) is 6.92 Å². The summed E-state index contributed by atoms with van der Waals surface area (Å²) in [7, 11) is 2.09. The lowest BCUT2D eigenvalue weighted by molar-refractivity contribution is 0.122. The normalized spacial score (nSPS) is 15.3. The van der Waals surface area contributed by atoms with Crippen molar-refractivity contribution in [2.24, 2.45) is 0 Å². The second-order valence-electron chi connectivity index (χ2n) is 6.98. The number of hydrogen-bond donors (Lipinski definition) is 1. The molecule has 2 aromatic rings. The number of fused-ring (bicyclic) bond motifs is 1. The molecule has 0 aliphatic carbocycles. The summed E-state index contributed by atoms with van der Waals surface area (Å²) in [4.78, 5) is 21.0. The van der Waals surface area contributed by atoms with Crippen LogP contribution >= 0.6 is 0 Å². The van der Waals surface area contributed by atoms with Gasteiger partial charge in [-0.2, -0.15) is 0 Å². The Balaban J connectivity index is 1.94. The van der Waals surface area contributed by atoms with Gasteiger partial charge in [0.05, 0.1) is 13.2 Å². The summed E-state index contributed by atoms with van der Waals surface area (Å²) in [5, 5.41) is 0.786. The van der Waals surface area contributed by atoms with Crippen molar-refractivity contribution in [2.75, 3.05) is 44.8 Å². The van der Waals surface area contributed by atoms with Crippen molar-refractivity contribution in [2.45, 2.75) is 33.2 Å². The molecule has 0 unspecified atom stereocenters. The minimum atomic E-state index is 0.157. The van der Waals surface area contributed by atoms with Crippen LogP contribution in [-0.2, 0) is 11.3 Å². The Morgan fingerprint density at radius 2 is 2.04 bits per heavy atom. The minimum absolute atomic E-state index is 0.157.